The lowest BCUT2D eigenvalue weighted by Gasteiger charge is -2.07. The van der Waals surface area contributed by atoms with E-state index in [1.807, 2.05) is 0 Å². The van der Waals surface area contributed by atoms with Crippen LogP contribution >= 0.6 is 0 Å². The first-order valence-electron chi connectivity index (χ1n) is 7.36. The molecule has 0 amide bonds. The molecule has 2 heterocycles. The van der Waals surface area contributed by atoms with E-state index in [1.54, 1.807) is 0 Å². The van der Waals surface area contributed by atoms with Crippen LogP contribution in [0, 0.1) is 0 Å². The monoisotopic (exact) mass is 276 g/mol. The van der Waals surface area contributed by atoms with Crippen LogP contribution in [0.5, 0.6) is 0 Å². The Morgan fingerprint density at radius 1 is 1.11 bits per heavy atom. The Balaban J connectivity index is 0.000000190. The maximum absolute atomic E-state index is 9.20. The maximum atomic E-state index is 9.20. The van der Waals surface area contributed by atoms with E-state index >= 15 is 0 Å². The van der Waals surface area contributed by atoms with Gasteiger partial charge >= 0.3 is 0 Å². The minimum atomic E-state index is -0.188. The molecule has 0 aliphatic carbocycles. The summed E-state index contributed by atoms with van der Waals surface area (Å²) in [6.07, 6.45) is 5.18. The maximum Gasteiger partial charge on any atom is 0.104 e. The lowest BCUT2D eigenvalue weighted by Crippen LogP contribution is -2.06. The van der Waals surface area contributed by atoms with Gasteiger partial charge in [0, 0.05) is 6.61 Å². The second kappa shape index (κ2) is 10.6. The Morgan fingerprint density at radius 2 is 1.63 bits per heavy atom. The number of ether oxygens (including phenoxy) is 3. The molecule has 0 bridgehead atoms. The van der Waals surface area contributed by atoms with Gasteiger partial charge in [0.25, 0.3) is 0 Å². The van der Waals surface area contributed by atoms with E-state index in [0.717, 1.165) is 58.5 Å². The van der Waals surface area contributed by atoms with Crippen molar-refractivity contribution in [2.75, 3.05) is 33.0 Å². The highest BCUT2D eigenvalue weighted by atomic mass is 16.6. The van der Waals surface area contributed by atoms with Crippen molar-refractivity contribution < 1.29 is 24.4 Å². The van der Waals surface area contributed by atoms with Gasteiger partial charge in [0.1, 0.15) is 12.2 Å². The standard InChI is InChI=1S/C8H18O2.C6H10O3/c1-2-3-5-8(10)6-4-7-9;1(5-3-8-5)7-2-6-4-9-6/h8-10H,2-7H2,1H3;5-6H,1-4H2. The molecule has 2 rings (SSSR count). The summed E-state index contributed by atoms with van der Waals surface area (Å²) < 4.78 is 15.1. The van der Waals surface area contributed by atoms with E-state index in [4.69, 9.17) is 19.3 Å². The second-order valence-corrected chi connectivity index (χ2v) is 5.11. The largest absolute Gasteiger partial charge is 0.396 e. The highest BCUT2D eigenvalue weighted by molar-refractivity contribution is 4.71. The van der Waals surface area contributed by atoms with Crippen molar-refractivity contribution in [1.29, 1.82) is 0 Å². The van der Waals surface area contributed by atoms with Gasteiger partial charge in [-0.05, 0) is 19.3 Å². The van der Waals surface area contributed by atoms with Gasteiger partial charge in [0.2, 0.25) is 0 Å². The van der Waals surface area contributed by atoms with Crippen molar-refractivity contribution in [2.24, 2.45) is 0 Å². The number of rotatable bonds is 10. The first-order chi connectivity index (χ1) is 9.26. The van der Waals surface area contributed by atoms with Gasteiger partial charge in [-0.15, -0.1) is 0 Å². The Bertz CT molecular complexity index is 184. The molecule has 5 nitrogen and oxygen atoms in total. The Hall–Kier alpha value is -0.200. The quantitative estimate of drug-likeness (QED) is 0.585. The topological polar surface area (TPSA) is 74.8 Å². The van der Waals surface area contributed by atoms with Crippen molar-refractivity contribution in [1.82, 2.24) is 0 Å². The molecule has 0 radical (unpaired) electrons. The molecular weight excluding hydrogens is 248 g/mol. The molecule has 3 unspecified atom stereocenters. The average molecular weight is 276 g/mol. The fourth-order valence-electron chi connectivity index (χ4n) is 1.57. The van der Waals surface area contributed by atoms with Crippen LogP contribution in [0.4, 0.5) is 0 Å². The highest BCUT2D eigenvalue weighted by Crippen LogP contribution is 2.12. The molecule has 2 N–H and O–H groups in total. The van der Waals surface area contributed by atoms with Gasteiger partial charge in [-0.25, -0.2) is 0 Å². The van der Waals surface area contributed by atoms with Crippen molar-refractivity contribution >= 4 is 0 Å². The van der Waals surface area contributed by atoms with Gasteiger partial charge in [-0.2, -0.15) is 0 Å². The van der Waals surface area contributed by atoms with Crippen LogP contribution in [-0.2, 0) is 14.2 Å². The van der Waals surface area contributed by atoms with E-state index in [2.05, 4.69) is 6.92 Å². The molecule has 2 fully saturated rings. The van der Waals surface area contributed by atoms with Gasteiger partial charge < -0.3 is 24.4 Å². The third-order valence-corrected chi connectivity index (χ3v) is 3.00. The Labute approximate surface area is 115 Å². The molecule has 0 aromatic heterocycles. The predicted octanol–water partition coefficient (Wildman–Crippen LogP) is 1.11. The van der Waals surface area contributed by atoms with Crippen molar-refractivity contribution in [3.8, 4) is 0 Å². The zero-order chi connectivity index (χ0) is 13.9. The Morgan fingerprint density at radius 3 is 2.05 bits per heavy atom. The minimum absolute atomic E-state index is 0.188. The van der Waals surface area contributed by atoms with Crippen molar-refractivity contribution in [3.05, 3.63) is 0 Å². The van der Waals surface area contributed by atoms with Gasteiger partial charge in [0.05, 0.1) is 32.5 Å². The van der Waals surface area contributed by atoms with Crippen LogP contribution in [0.25, 0.3) is 0 Å². The zero-order valence-electron chi connectivity index (χ0n) is 11.9. The fraction of sp³-hybridized carbons (Fsp3) is 1.00. The number of aliphatic hydroxyl groups excluding tert-OH is 2. The van der Waals surface area contributed by atoms with Crippen molar-refractivity contribution in [3.63, 3.8) is 0 Å². The molecule has 19 heavy (non-hydrogen) atoms. The van der Waals surface area contributed by atoms with Crippen LogP contribution in [0.15, 0.2) is 0 Å². The van der Waals surface area contributed by atoms with Crippen molar-refractivity contribution in [2.45, 2.75) is 57.3 Å². The smallest absolute Gasteiger partial charge is 0.104 e. The molecule has 0 saturated carbocycles. The molecule has 2 aliphatic rings. The summed E-state index contributed by atoms with van der Waals surface area (Å²) in [6.45, 7) is 5.57. The number of aliphatic hydroxyl groups is 2. The molecule has 0 spiro atoms. The average Bonchev–Trinajstić information content (AvgIpc) is 3.28. The van der Waals surface area contributed by atoms with E-state index in [9.17, 15) is 5.11 Å². The summed E-state index contributed by atoms with van der Waals surface area (Å²) in [5, 5.41) is 17.6. The lowest BCUT2D eigenvalue weighted by molar-refractivity contribution is 0.102. The van der Waals surface area contributed by atoms with Crippen LogP contribution in [0.2, 0.25) is 0 Å². The molecular formula is C14H28O5. The Kier molecular flexibility index (Phi) is 9.38. The summed E-state index contributed by atoms with van der Waals surface area (Å²) in [5.41, 5.74) is 0. The van der Waals surface area contributed by atoms with Gasteiger partial charge in [0.15, 0.2) is 0 Å². The van der Waals surface area contributed by atoms with Crippen LogP contribution in [-0.4, -0.2) is 61.6 Å². The van der Waals surface area contributed by atoms with Gasteiger partial charge in [-0.3, -0.25) is 0 Å². The SMILES string of the molecule is C(OCC1CO1)C1CO1.CCCCC(O)CCCO. The fourth-order valence-corrected chi connectivity index (χ4v) is 1.57. The molecule has 0 aromatic rings. The highest BCUT2D eigenvalue weighted by Gasteiger charge is 2.26. The van der Waals surface area contributed by atoms with Crippen LogP contribution in [0.1, 0.15) is 39.0 Å². The number of hydrogen-bond acceptors (Lipinski definition) is 5. The third-order valence-electron chi connectivity index (χ3n) is 3.00. The first kappa shape index (κ1) is 16.9. The molecule has 114 valence electrons. The summed E-state index contributed by atoms with van der Waals surface area (Å²) in [7, 11) is 0. The summed E-state index contributed by atoms with van der Waals surface area (Å²) >= 11 is 0. The van der Waals surface area contributed by atoms with E-state index < -0.39 is 0 Å². The summed E-state index contributed by atoms with van der Waals surface area (Å²) in [6, 6.07) is 0. The summed E-state index contributed by atoms with van der Waals surface area (Å²) in [4.78, 5) is 0. The molecule has 2 aliphatic heterocycles. The second-order valence-electron chi connectivity index (χ2n) is 5.11. The van der Waals surface area contributed by atoms with E-state index in [-0.39, 0.29) is 12.7 Å². The number of hydrogen-bond donors (Lipinski definition) is 2. The molecule has 5 heteroatoms. The van der Waals surface area contributed by atoms with Crippen LogP contribution < -0.4 is 0 Å². The number of epoxide rings is 2. The minimum Gasteiger partial charge on any atom is -0.396 e. The van der Waals surface area contributed by atoms with E-state index in [1.165, 1.54) is 0 Å². The van der Waals surface area contributed by atoms with Gasteiger partial charge in [-0.1, -0.05) is 19.8 Å². The molecule has 2 saturated heterocycles. The number of unbranched alkanes of at least 4 members (excludes halogenated alkanes) is 1. The van der Waals surface area contributed by atoms with E-state index in [0.29, 0.717) is 12.2 Å². The van der Waals surface area contributed by atoms with Crippen LogP contribution in [0.3, 0.4) is 0 Å². The third kappa shape index (κ3) is 11.3. The predicted molar refractivity (Wildman–Crippen MR) is 72.2 cm³/mol. The first-order valence-corrected chi connectivity index (χ1v) is 7.36. The molecule has 3 atom stereocenters. The normalized spacial score (nSPS) is 25.4. The molecule has 0 aromatic carbocycles. The summed E-state index contributed by atoms with van der Waals surface area (Å²) in [5.74, 6) is 0. The zero-order valence-corrected chi connectivity index (χ0v) is 11.9. The lowest BCUT2D eigenvalue weighted by atomic mass is 10.1.